The van der Waals surface area contributed by atoms with Crippen molar-refractivity contribution in [3.8, 4) is 0 Å². The topological polar surface area (TPSA) is 3.24 Å². The van der Waals surface area contributed by atoms with Crippen molar-refractivity contribution in [3.63, 3.8) is 0 Å². The summed E-state index contributed by atoms with van der Waals surface area (Å²) >= 11 is 0. The molecule has 2 aliphatic carbocycles. The van der Waals surface area contributed by atoms with E-state index in [0.717, 1.165) is 6.42 Å². The van der Waals surface area contributed by atoms with Crippen molar-refractivity contribution in [1.82, 2.24) is 4.90 Å². The van der Waals surface area contributed by atoms with Crippen LogP contribution in [0.3, 0.4) is 0 Å². The molecule has 1 atom stereocenters. The van der Waals surface area contributed by atoms with Gasteiger partial charge in [0.1, 0.15) is 0 Å². The molecule has 0 bridgehead atoms. The van der Waals surface area contributed by atoms with Crippen molar-refractivity contribution in [1.29, 1.82) is 0 Å². The van der Waals surface area contributed by atoms with Gasteiger partial charge in [-0.25, -0.2) is 0 Å². The number of rotatable bonds is 1. The highest BCUT2D eigenvalue weighted by molar-refractivity contribution is 5.85. The maximum Gasteiger partial charge on any atom is 0.0395 e. The Morgan fingerprint density at radius 3 is 1.88 bits per heavy atom. The Hall–Kier alpha value is -1.83. The molecular weight excluding hydrogens is 314 g/mol. The number of likely N-dealkylation sites (N-methyl/N-ethyl adjacent to an activating group) is 1. The van der Waals surface area contributed by atoms with E-state index < -0.39 is 0 Å². The Morgan fingerprint density at radius 1 is 0.875 bits per heavy atom. The molecule has 24 heavy (non-hydrogen) atoms. The van der Waals surface area contributed by atoms with Crippen LogP contribution in [0.25, 0.3) is 12.2 Å². The third-order valence-electron chi connectivity index (χ3n) is 5.43. The Kier molecular flexibility index (Phi) is 4.67. The molecule has 0 N–H and O–H groups in total. The van der Waals surface area contributed by atoms with Gasteiger partial charge >= 0.3 is 0 Å². The first-order valence-corrected chi connectivity index (χ1v) is 8.44. The molecule has 0 aliphatic heterocycles. The summed E-state index contributed by atoms with van der Waals surface area (Å²) in [5.74, 6) is 0. The van der Waals surface area contributed by atoms with Crippen molar-refractivity contribution in [2.45, 2.75) is 24.3 Å². The predicted octanol–water partition coefficient (Wildman–Crippen LogP) is 5.16. The summed E-state index contributed by atoms with van der Waals surface area (Å²) in [5, 5.41) is 0. The molecule has 0 fully saturated rings. The lowest BCUT2D eigenvalue weighted by Gasteiger charge is -2.39. The average Bonchev–Trinajstić information content (AvgIpc) is 2.72. The van der Waals surface area contributed by atoms with Crippen LogP contribution in [0.2, 0.25) is 0 Å². The highest BCUT2D eigenvalue weighted by Crippen LogP contribution is 2.46. The van der Waals surface area contributed by atoms with Gasteiger partial charge in [0.25, 0.3) is 0 Å². The third-order valence-corrected chi connectivity index (χ3v) is 5.43. The lowest BCUT2D eigenvalue weighted by molar-refractivity contribution is 0.297. The molecule has 0 amide bonds. The second-order valence-corrected chi connectivity index (χ2v) is 6.91. The maximum absolute atomic E-state index is 2.46. The number of allylic oxidation sites excluding steroid dienone is 1. The minimum atomic E-state index is 0. The Labute approximate surface area is 151 Å². The Balaban J connectivity index is 0.00000169. The quantitative estimate of drug-likeness (QED) is 0.650. The van der Waals surface area contributed by atoms with Crippen LogP contribution in [0, 0.1) is 0 Å². The zero-order valence-corrected chi connectivity index (χ0v) is 15.1. The van der Waals surface area contributed by atoms with E-state index in [-0.39, 0.29) is 17.8 Å². The molecule has 0 saturated carbocycles. The van der Waals surface area contributed by atoms with Crippen molar-refractivity contribution in [2.75, 3.05) is 14.1 Å². The largest absolute Gasteiger partial charge is 0.303 e. The lowest BCUT2D eigenvalue weighted by atomic mass is 9.66. The summed E-state index contributed by atoms with van der Waals surface area (Å²) in [6.07, 6.45) is 11.8. The summed E-state index contributed by atoms with van der Waals surface area (Å²) in [6.45, 7) is 0. The summed E-state index contributed by atoms with van der Waals surface area (Å²) in [6, 6.07) is 18.3. The number of hydrogen-bond donors (Lipinski definition) is 0. The van der Waals surface area contributed by atoms with E-state index in [9.17, 15) is 0 Å². The van der Waals surface area contributed by atoms with Crippen LogP contribution in [0.1, 0.15) is 35.1 Å². The Morgan fingerprint density at radius 2 is 1.42 bits per heavy atom. The van der Waals surface area contributed by atoms with E-state index in [1.54, 1.807) is 0 Å². The molecule has 124 valence electrons. The molecule has 2 heteroatoms. The molecule has 4 rings (SSSR count). The summed E-state index contributed by atoms with van der Waals surface area (Å²) in [7, 11) is 4.34. The van der Waals surface area contributed by atoms with Gasteiger partial charge < -0.3 is 4.90 Å². The molecule has 1 spiro atoms. The van der Waals surface area contributed by atoms with Crippen LogP contribution in [0.4, 0.5) is 0 Å². The molecular formula is C22H24ClN. The van der Waals surface area contributed by atoms with Crippen LogP contribution in [-0.4, -0.2) is 25.0 Å². The number of hydrogen-bond acceptors (Lipinski definition) is 1. The van der Waals surface area contributed by atoms with Crippen LogP contribution in [0.15, 0.2) is 60.7 Å². The summed E-state index contributed by atoms with van der Waals surface area (Å²) in [4.78, 5) is 2.32. The first-order chi connectivity index (χ1) is 11.2. The van der Waals surface area contributed by atoms with Gasteiger partial charge in [-0.15, -0.1) is 12.4 Å². The van der Waals surface area contributed by atoms with E-state index >= 15 is 0 Å². The number of fused-ring (bicyclic) bond motifs is 4. The van der Waals surface area contributed by atoms with Crippen molar-refractivity contribution < 1.29 is 0 Å². The molecule has 1 unspecified atom stereocenters. The normalized spacial score (nSPS) is 20.2. The van der Waals surface area contributed by atoms with E-state index in [4.69, 9.17) is 0 Å². The summed E-state index contributed by atoms with van der Waals surface area (Å²) in [5.41, 5.74) is 5.57. The SMILES string of the molecule is CN(C)C1C=CC2(CC1)c1ccccc1C=Cc1ccccc12.Cl. The fourth-order valence-electron chi connectivity index (χ4n) is 4.13. The van der Waals surface area contributed by atoms with Crippen LogP contribution < -0.4 is 0 Å². The molecule has 0 saturated heterocycles. The van der Waals surface area contributed by atoms with Crippen molar-refractivity contribution in [3.05, 3.63) is 82.9 Å². The lowest BCUT2D eigenvalue weighted by Crippen LogP contribution is -2.36. The molecule has 1 nitrogen and oxygen atoms in total. The van der Waals surface area contributed by atoms with Gasteiger partial charge in [0.15, 0.2) is 0 Å². The van der Waals surface area contributed by atoms with Crippen LogP contribution in [-0.2, 0) is 5.41 Å². The van der Waals surface area contributed by atoms with Gasteiger partial charge in [-0.05, 0) is 49.2 Å². The van der Waals surface area contributed by atoms with Gasteiger partial charge in [-0.2, -0.15) is 0 Å². The van der Waals surface area contributed by atoms with E-state index in [0.29, 0.717) is 6.04 Å². The molecule has 0 aromatic heterocycles. The van der Waals surface area contributed by atoms with Gasteiger partial charge in [-0.1, -0.05) is 72.8 Å². The number of benzene rings is 2. The molecule has 0 heterocycles. The average molecular weight is 338 g/mol. The minimum Gasteiger partial charge on any atom is -0.303 e. The number of halogens is 1. The van der Waals surface area contributed by atoms with Gasteiger partial charge in [-0.3, -0.25) is 0 Å². The van der Waals surface area contributed by atoms with Gasteiger partial charge in [0.2, 0.25) is 0 Å². The first kappa shape index (κ1) is 17.0. The molecule has 2 aromatic carbocycles. The third kappa shape index (κ3) is 2.62. The fourth-order valence-corrected chi connectivity index (χ4v) is 4.13. The van der Waals surface area contributed by atoms with E-state index in [1.807, 2.05) is 0 Å². The van der Waals surface area contributed by atoms with E-state index in [2.05, 4.69) is 91.8 Å². The zero-order valence-electron chi connectivity index (χ0n) is 14.3. The van der Waals surface area contributed by atoms with E-state index in [1.165, 1.54) is 28.7 Å². The van der Waals surface area contributed by atoms with Crippen molar-refractivity contribution in [2.24, 2.45) is 0 Å². The van der Waals surface area contributed by atoms with Gasteiger partial charge in [0, 0.05) is 11.5 Å². The number of nitrogens with zero attached hydrogens (tertiary/aromatic N) is 1. The van der Waals surface area contributed by atoms with Crippen molar-refractivity contribution >= 4 is 24.6 Å². The first-order valence-electron chi connectivity index (χ1n) is 8.44. The smallest absolute Gasteiger partial charge is 0.0395 e. The highest BCUT2D eigenvalue weighted by atomic mass is 35.5. The predicted molar refractivity (Wildman–Crippen MR) is 106 cm³/mol. The standard InChI is InChI=1S/C22H23N.ClH/c1-23(2)19-13-15-22(16-14-19)20-9-5-3-7-17(20)11-12-18-8-4-6-10-21(18)22;/h3-13,15,19H,14,16H2,1-2H3;1H. The summed E-state index contributed by atoms with van der Waals surface area (Å²) < 4.78 is 0. The molecule has 2 aromatic rings. The fraction of sp³-hybridized carbons (Fsp3) is 0.273. The highest BCUT2D eigenvalue weighted by Gasteiger charge is 2.38. The molecule has 0 radical (unpaired) electrons. The Bertz CT molecular complexity index is 739. The maximum atomic E-state index is 2.46. The minimum absolute atomic E-state index is 0. The second kappa shape index (κ2) is 6.58. The molecule has 2 aliphatic rings. The zero-order chi connectivity index (χ0) is 15.9. The van der Waals surface area contributed by atoms with Gasteiger partial charge in [0.05, 0.1) is 0 Å². The van der Waals surface area contributed by atoms with Crippen LogP contribution in [0.5, 0.6) is 0 Å². The van der Waals surface area contributed by atoms with Crippen LogP contribution >= 0.6 is 12.4 Å². The second-order valence-electron chi connectivity index (χ2n) is 6.91. The monoisotopic (exact) mass is 337 g/mol.